The molecule has 23 heavy (non-hydrogen) atoms. The van der Waals surface area contributed by atoms with Crippen molar-refractivity contribution >= 4 is 23.2 Å². The van der Waals surface area contributed by atoms with Crippen molar-refractivity contribution in [3.05, 3.63) is 63.8 Å². The maximum atomic E-state index is 6.13. The van der Waals surface area contributed by atoms with E-state index in [0.717, 1.165) is 5.56 Å². The fourth-order valence-electron chi connectivity index (χ4n) is 1.95. The molecule has 0 radical (unpaired) electrons. The van der Waals surface area contributed by atoms with Crippen LogP contribution in [0.5, 0.6) is 11.6 Å². The zero-order chi connectivity index (χ0) is 16.4. The lowest BCUT2D eigenvalue weighted by Crippen LogP contribution is -2.00. The van der Waals surface area contributed by atoms with E-state index < -0.39 is 0 Å². The molecule has 1 aromatic heterocycles. The van der Waals surface area contributed by atoms with Gasteiger partial charge in [0.15, 0.2) is 5.82 Å². The molecule has 0 spiro atoms. The first kappa shape index (κ1) is 15.7. The molecule has 3 rings (SSSR count). The summed E-state index contributed by atoms with van der Waals surface area (Å²) in [6.45, 7) is 3.80. The molecule has 1 heterocycles. The number of hydrogen-bond donors (Lipinski definition) is 0. The summed E-state index contributed by atoms with van der Waals surface area (Å²) < 4.78 is 5.78. The van der Waals surface area contributed by atoms with E-state index in [4.69, 9.17) is 27.9 Å². The molecule has 0 atom stereocenters. The molecule has 0 saturated carbocycles. The van der Waals surface area contributed by atoms with E-state index in [0.29, 0.717) is 33.2 Å². The van der Waals surface area contributed by atoms with Crippen LogP contribution in [0.2, 0.25) is 10.0 Å². The number of aryl methyl sites for hydroxylation is 2. The molecule has 0 aliphatic carbocycles. The zero-order valence-corrected chi connectivity index (χ0v) is 14.1. The lowest BCUT2D eigenvalue weighted by atomic mass is 10.1. The summed E-state index contributed by atoms with van der Waals surface area (Å²) >= 11 is 12.0. The summed E-state index contributed by atoms with van der Waals surface area (Å²) in [7, 11) is 0. The number of nitrogens with zero attached hydrogens (tertiary/aromatic N) is 3. The van der Waals surface area contributed by atoms with Gasteiger partial charge in [-0.05, 0) is 32.0 Å². The Balaban J connectivity index is 1.96. The number of ether oxygens (including phenoxy) is 1. The van der Waals surface area contributed by atoms with Crippen molar-refractivity contribution in [3.63, 3.8) is 0 Å². The Morgan fingerprint density at radius 2 is 1.65 bits per heavy atom. The van der Waals surface area contributed by atoms with Crippen molar-refractivity contribution in [2.75, 3.05) is 0 Å². The fourth-order valence-corrected chi connectivity index (χ4v) is 2.40. The molecular formula is C17H13Cl2N3O. The van der Waals surface area contributed by atoms with Crippen LogP contribution in [0, 0.1) is 13.8 Å². The Kier molecular flexibility index (Phi) is 4.46. The minimum absolute atomic E-state index is 0.361. The Morgan fingerprint density at radius 1 is 0.913 bits per heavy atom. The van der Waals surface area contributed by atoms with Crippen LogP contribution in [-0.4, -0.2) is 15.2 Å². The van der Waals surface area contributed by atoms with Crippen LogP contribution in [0.4, 0.5) is 0 Å². The molecule has 0 aliphatic rings. The molecular weight excluding hydrogens is 333 g/mol. The third-order valence-corrected chi connectivity index (χ3v) is 3.75. The Hall–Kier alpha value is -2.17. The maximum absolute atomic E-state index is 6.13. The predicted molar refractivity (Wildman–Crippen MR) is 91.3 cm³/mol. The van der Waals surface area contributed by atoms with Gasteiger partial charge in [-0.15, -0.1) is 10.2 Å². The van der Waals surface area contributed by atoms with Crippen LogP contribution in [0.3, 0.4) is 0 Å². The molecule has 4 nitrogen and oxygen atoms in total. The van der Waals surface area contributed by atoms with Gasteiger partial charge in [0.1, 0.15) is 11.4 Å². The number of rotatable bonds is 3. The largest absolute Gasteiger partial charge is 0.436 e. The van der Waals surface area contributed by atoms with Gasteiger partial charge in [-0.3, -0.25) is 0 Å². The van der Waals surface area contributed by atoms with Crippen molar-refractivity contribution in [1.82, 2.24) is 15.2 Å². The van der Waals surface area contributed by atoms with Crippen molar-refractivity contribution in [2.45, 2.75) is 13.8 Å². The molecule has 2 aromatic carbocycles. The third kappa shape index (κ3) is 3.60. The average molecular weight is 346 g/mol. The van der Waals surface area contributed by atoms with Crippen molar-refractivity contribution in [3.8, 4) is 23.0 Å². The van der Waals surface area contributed by atoms with E-state index in [1.54, 1.807) is 25.1 Å². The molecule has 6 heteroatoms. The molecule has 0 amide bonds. The van der Waals surface area contributed by atoms with Crippen LogP contribution >= 0.6 is 23.2 Å². The average Bonchev–Trinajstić information content (AvgIpc) is 2.53. The minimum Gasteiger partial charge on any atom is -0.436 e. The van der Waals surface area contributed by atoms with E-state index in [1.165, 1.54) is 5.56 Å². The van der Waals surface area contributed by atoms with Gasteiger partial charge in [0.2, 0.25) is 5.88 Å². The van der Waals surface area contributed by atoms with Crippen molar-refractivity contribution in [2.24, 2.45) is 0 Å². The molecule has 0 unspecified atom stereocenters. The summed E-state index contributed by atoms with van der Waals surface area (Å²) in [6.07, 6.45) is 0. The first-order chi connectivity index (χ1) is 11.0. The summed E-state index contributed by atoms with van der Waals surface area (Å²) in [5.74, 6) is 1.32. The third-order valence-electron chi connectivity index (χ3n) is 3.22. The first-order valence-corrected chi connectivity index (χ1v) is 7.70. The van der Waals surface area contributed by atoms with Crippen LogP contribution in [0.25, 0.3) is 11.4 Å². The van der Waals surface area contributed by atoms with Gasteiger partial charge in [0, 0.05) is 10.6 Å². The number of aromatic nitrogens is 3. The Labute approximate surface area is 144 Å². The van der Waals surface area contributed by atoms with Crippen molar-refractivity contribution < 1.29 is 4.74 Å². The van der Waals surface area contributed by atoms with E-state index in [1.807, 2.05) is 31.2 Å². The van der Waals surface area contributed by atoms with Crippen molar-refractivity contribution in [1.29, 1.82) is 0 Å². The van der Waals surface area contributed by atoms with Gasteiger partial charge in [-0.2, -0.15) is 4.98 Å². The van der Waals surface area contributed by atoms with E-state index in [-0.39, 0.29) is 0 Å². The quantitative estimate of drug-likeness (QED) is 0.649. The number of hydrogen-bond acceptors (Lipinski definition) is 4. The second kappa shape index (κ2) is 6.52. The number of halogens is 2. The molecule has 0 aliphatic heterocycles. The minimum atomic E-state index is 0.361. The second-order valence-corrected chi connectivity index (χ2v) is 5.91. The van der Waals surface area contributed by atoms with E-state index >= 15 is 0 Å². The van der Waals surface area contributed by atoms with Gasteiger partial charge in [-0.25, -0.2) is 0 Å². The number of benzene rings is 2. The summed E-state index contributed by atoms with van der Waals surface area (Å²) in [6, 6.07) is 12.9. The highest BCUT2D eigenvalue weighted by atomic mass is 35.5. The predicted octanol–water partition coefficient (Wildman–Crippen LogP) is 5.25. The zero-order valence-electron chi connectivity index (χ0n) is 12.5. The van der Waals surface area contributed by atoms with Crippen LogP contribution < -0.4 is 4.74 Å². The molecule has 0 N–H and O–H groups in total. The molecule has 0 fully saturated rings. The van der Waals surface area contributed by atoms with E-state index in [9.17, 15) is 0 Å². The smallest absolute Gasteiger partial charge is 0.244 e. The van der Waals surface area contributed by atoms with Crippen LogP contribution in [0.15, 0.2) is 42.5 Å². The highest BCUT2D eigenvalue weighted by Gasteiger charge is 2.12. The molecule has 0 saturated heterocycles. The molecule has 0 bridgehead atoms. The normalized spacial score (nSPS) is 10.6. The van der Waals surface area contributed by atoms with Crippen LogP contribution in [0.1, 0.15) is 11.3 Å². The topological polar surface area (TPSA) is 47.9 Å². The molecule has 116 valence electrons. The van der Waals surface area contributed by atoms with Crippen LogP contribution in [-0.2, 0) is 0 Å². The van der Waals surface area contributed by atoms with Gasteiger partial charge in [0.05, 0.1) is 5.02 Å². The molecule has 3 aromatic rings. The standard InChI is InChI=1S/C17H13Cl2N3O/c1-10-3-5-12(6-4-10)16-20-17(11(2)21-22-16)23-15-8-7-13(18)9-14(15)19/h3-9H,1-2H3. The maximum Gasteiger partial charge on any atom is 0.244 e. The highest BCUT2D eigenvalue weighted by molar-refractivity contribution is 6.35. The van der Waals surface area contributed by atoms with Gasteiger partial charge in [0.25, 0.3) is 0 Å². The fraction of sp³-hybridized carbons (Fsp3) is 0.118. The summed E-state index contributed by atoms with van der Waals surface area (Å²) in [4.78, 5) is 4.44. The summed E-state index contributed by atoms with van der Waals surface area (Å²) in [5, 5.41) is 9.19. The Bertz CT molecular complexity index is 851. The van der Waals surface area contributed by atoms with Gasteiger partial charge < -0.3 is 4.74 Å². The van der Waals surface area contributed by atoms with Gasteiger partial charge in [-0.1, -0.05) is 53.0 Å². The Morgan fingerprint density at radius 3 is 2.35 bits per heavy atom. The SMILES string of the molecule is Cc1ccc(-c2nnc(C)c(Oc3ccc(Cl)cc3Cl)n2)cc1. The second-order valence-electron chi connectivity index (χ2n) is 5.07. The van der Waals surface area contributed by atoms with Gasteiger partial charge >= 0.3 is 0 Å². The summed E-state index contributed by atoms with van der Waals surface area (Å²) in [5.41, 5.74) is 2.61. The first-order valence-electron chi connectivity index (χ1n) is 6.94. The van der Waals surface area contributed by atoms with E-state index in [2.05, 4.69) is 15.2 Å². The lowest BCUT2D eigenvalue weighted by molar-refractivity contribution is 0.453. The monoisotopic (exact) mass is 345 g/mol. The lowest BCUT2D eigenvalue weighted by Gasteiger charge is -2.09. The highest BCUT2D eigenvalue weighted by Crippen LogP contribution is 2.32.